The second-order valence-electron chi connectivity index (χ2n) is 5.12. The van der Waals surface area contributed by atoms with Gasteiger partial charge in [-0.3, -0.25) is 9.59 Å². The monoisotopic (exact) mass is 342 g/mol. The van der Waals surface area contributed by atoms with E-state index in [9.17, 15) is 14.4 Å². The number of Topliss-reactive ketones (excluding diaryl/α,β-unsaturated/α-hetero) is 1. The summed E-state index contributed by atoms with van der Waals surface area (Å²) in [5, 5.41) is 0.580. The molecule has 0 saturated carbocycles. The minimum absolute atomic E-state index is 0.0604. The maximum atomic E-state index is 11.6. The lowest BCUT2D eigenvalue weighted by atomic mass is 10.3. The molecular formula is C16H19ClO6. The Morgan fingerprint density at radius 1 is 1.09 bits per heavy atom. The first-order valence-corrected chi connectivity index (χ1v) is 7.47. The predicted octanol–water partition coefficient (Wildman–Crippen LogP) is 2.56. The number of benzene rings is 1. The molecular weight excluding hydrogens is 324 g/mol. The summed E-state index contributed by atoms with van der Waals surface area (Å²) in [5.41, 5.74) is 0. The van der Waals surface area contributed by atoms with E-state index in [4.69, 9.17) is 25.8 Å². The van der Waals surface area contributed by atoms with Crippen LogP contribution in [0.25, 0.3) is 0 Å². The summed E-state index contributed by atoms with van der Waals surface area (Å²) >= 11 is 5.76. The molecule has 0 N–H and O–H groups in total. The molecule has 126 valence electrons. The van der Waals surface area contributed by atoms with E-state index in [1.807, 2.05) is 0 Å². The van der Waals surface area contributed by atoms with Crippen molar-refractivity contribution in [3.05, 3.63) is 29.3 Å². The molecule has 0 radical (unpaired) electrons. The van der Waals surface area contributed by atoms with Gasteiger partial charge in [-0.2, -0.15) is 0 Å². The Bertz CT molecular complexity index is 552. The maximum Gasteiger partial charge on any atom is 0.378 e. The van der Waals surface area contributed by atoms with Crippen molar-refractivity contribution in [3.8, 4) is 5.75 Å². The van der Waals surface area contributed by atoms with Crippen molar-refractivity contribution in [2.75, 3.05) is 6.61 Å². The highest BCUT2D eigenvalue weighted by Gasteiger charge is 2.20. The third-order valence-corrected chi connectivity index (χ3v) is 2.79. The van der Waals surface area contributed by atoms with Gasteiger partial charge in [0.05, 0.1) is 12.5 Å². The Morgan fingerprint density at radius 2 is 1.70 bits per heavy atom. The van der Waals surface area contributed by atoms with Crippen molar-refractivity contribution in [1.29, 1.82) is 0 Å². The molecule has 0 aliphatic rings. The standard InChI is InChI=1S/C16H19ClO6/c1-10(2)22-16(20)14(18)9-21-15(19)8-11(3)23-13-6-4-12(17)5-7-13/h4-7,10-11H,8-9H2,1-3H3. The summed E-state index contributed by atoms with van der Waals surface area (Å²) in [6, 6.07) is 6.69. The maximum absolute atomic E-state index is 11.6. The Hall–Kier alpha value is -2.08. The van der Waals surface area contributed by atoms with E-state index in [2.05, 4.69) is 0 Å². The summed E-state index contributed by atoms with van der Waals surface area (Å²) in [4.78, 5) is 34.3. The van der Waals surface area contributed by atoms with Crippen LogP contribution in [0.2, 0.25) is 5.02 Å². The van der Waals surface area contributed by atoms with Gasteiger partial charge in [0.2, 0.25) is 0 Å². The third-order valence-electron chi connectivity index (χ3n) is 2.54. The van der Waals surface area contributed by atoms with Crippen LogP contribution >= 0.6 is 11.6 Å². The first-order chi connectivity index (χ1) is 10.8. The number of hydrogen-bond donors (Lipinski definition) is 0. The average molecular weight is 343 g/mol. The Labute approximate surface area is 139 Å². The molecule has 1 unspecified atom stereocenters. The van der Waals surface area contributed by atoms with E-state index in [1.54, 1.807) is 45.0 Å². The number of ketones is 1. The highest BCUT2D eigenvalue weighted by Crippen LogP contribution is 2.17. The van der Waals surface area contributed by atoms with Crippen LogP contribution in [-0.4, -0.2) is 36.5 Å². The molecule has 1 aromatic rings. The molecule has 1 rings (SSSR count). The van der Waals surface area contributed by atoms with E-state index in [1.165, 1.54) is 0 Å². The molecule has 0 spiro atoms. The second kappa shape index (κ2) is 9.15. The highest BCUT2D eigenvalue weighted by atomic mass is 35.5. The lowest BCUT2D eigenvalue weighted by Gasteiger charge is -2.14. The second-order valence-corrected chi connectivity index (χ2v) is 5.56. The van der Waals surface area contributed by atoms with Crippen LogP contribution < -0.4 is 4.74 Å². The van der Waals surface area contributed by atoms with Gasteiger partial charge in [0.15, 0.2) is 6.61 Å². The van der Waals surface area contributed by atoms with E-state index in [0.717, 1.165) is 0 Å². The lowest BCUT2D eigenvalue weighted by molar-refractivity contribution is -0.161. The van der Waals surface area contributed by atoms with Gasteiger partial charge in [-0.1, -0.05) is 11.6 Å². The molecule has 0 aromatic heterocycles. The van der Waals surface area contributed by atoms with Gasteiger partial charge in [0.1, 0.15) is 11.9 Å². The lowest BCUT2D eigenvalue weighted by Crippen LogP contribution is -2.27. The van der Waals surface area contributed by atoms with Crippen LogP contribution in [0.3, 0.4) is 0 Å². The van der Waals surface area contributed by atoms with E-state index in [0.29, 0.717) is 10.8 Å². The van der Waals surface area contributed by atoms with Crippen molar-refractivity contribution >= 4 is 29.3 Å². The molecule has 0 amide bonds. The van der Waals surface area contributed by atoms with Gasteiger partial charge in [-0.25, -0.2) is 4.79 Å². The topological polar surface area (TPSA) is 78.9 Å². The van der Waals surface area contributed by atoms with Gasteiger partial charge in [-0.15, -0.1) is 0 Å². The quantitative estimate of drug-likeness (QED) is 0.533. The summed E-state index contributed by atoms with van der Waals surface area (Å²) in [7, 11) is 0. The summed E-state index contributed by atoms with van der Waals surface area (Å²) in [6.07, 6.45) is -0.925. The fourth-order valence-electron chi connectivity index (χ4n) is 1.57. The number of carbonyl (C=O) groups excluding carboxylic acids is 3. The van der Waals surface area contributed by atoms with E-state index < -0.39 is 36.5 Å². The van der Waals surface area contributed by atoms with Gasteiger partial charge in [0, 0.05) is 5.02 Å². The molecule has 0 bridgehead atoms. The normalized spacial score (nSPS) is 11.7. The smallest absolute Gasteiger partial charge is 0.378 e. The Morgan fingerprint density at radius 3 is 2.26 bits per heavy atom. The average Bonchev–Trinajstić information content (AvgIpc) is 2.46. The number of hydrogen-bond acceptors (Lipinski definition) is 6. The molecule has 23 heavy (non-hydrogen) atoms. The van der Waals surface area contributed by atoms with Crippen molar-refractivity contribution in [1.82, 2.24) is 0 Å². The van der Waals surface area contributed by atoms with Crippen molar-refractivity contribution in [2.24, 2.45) is 0 Å². The Kier molecular flexibility index (Phi) is 7.54. The van der Waals surface area contributed by atoms with Crippen molar-refractivity contribution in [2.45, 2.75) is 39.4 Å². The zero-order valence-corrected chi connectivity index (χ0v) is 14.0. The predicted molar refractivity (Wildman–Crippen MR) is 83.4 cm³/mol. The first kappa shape index (κ1) is 19.0. The molecule has 0 heterocycles. The van der Waals surface area contributed by atoms with E-state index in [-0.39, 0.29) is 6.42 Å². The van der Waals surface area contributed by atoms with Gasteiger partial charge < -0.3 is 14.2 Å². The molecule has 0 saturated heterocycles. The number of esters is 2. The molecule has 7 heteroatoms. The van der Waals surface area contributed by atoms with Crippen LogP contribution in [0.15, 0.2) is 24.3 Å². The number of carbonyl (C=O) groups is 3. The third kappa shape index (κ3) is 7.65. The summed E-state index contributed by atoms with van der Waals surface area (Å²) in [6.45, 7) is 4.28. The zero-order chi connectivity index (χ0) is 17.4. The minimum atomic E-state index is -1.02. The summed E-state index contributed by atoms with van der Waals surface area (Å²) in [5.74, 6) is -2.00. The molecule has 0 fully saturated rings. The van der Waals surface area contributed by atoms with Gasteiger partial charge in [-0.05, 0) is 45.0 Å². The van der Waals surface area contributed by atoms with Crippen LogP contribution in [0.1, 0.15) is 27.2 Å². The van der Waals surface area contributed by atoms with Crippen molar-refractivity contribution < 1.29 is 28.6 Å². The molecule has 0 aliphatic heterocycles. The fraction of sp³-hybridized carbons (Fsp3) is 0.438. The van der Waals surface area contributed by atoms with Gasteiger partial charge >= 0.3 is 11.9 Å². The highest BCUT2D eigenvalue weighted by molar-refractivity contribution is 6.34. The van der Waals surface area contributed by atoms with Gasteiger partial charge in [0.25, 0.3) is 5.78 Å². The summed E-state index contributed by atoms with van der Waals surface area (Å²) < 4.78 is 15.0. The number of ether oxygens (including phenoxy) is 3. The Balaban J connectivity index is 2.34. The fourth-order valence-corrected chi connectivity index (χ4v) is 1.69. The number of halogens is 1. The molecule has 6 nitrogen and oxygen atoms in total. The van der Waals surface area contributed by atoms with Crippen LogP contribution in [0.4, 0.5) is 0 Å². The SMILES string of the molecule is CC(C)OC(=O)C(=O)COC(=O)CC(C)Oc1ccc(Cl)cc1. The molecule has 0 aliphatic carbocycles. The first-order valence-electron chi connectivity index (χ1n) is 7.09. The van der Waals surface area contributed by atoms with Crippen LogP contribution in [0, 0.1) is 0 Å². The number of rotatable bonds is 8. The minimum Gasteiger partial charge on any atom is -0.490 e. The zero-order valence-electron chi connectivity index (χ0n) is 13.2. The largest absolute Gasteiger partial charge is 0.490 e. The molecule has 1 aromatic carbocycles. The molecule has 1 atom stereocenters. The van der Waals surface area contributed by atoms with E-state index >= 15 is 0 Å². The van der Waals surface area contributed by atoms with Crippen molar-refractivity contribution in [3.63, 3.8) is 0 Å². The van der Waals surface area contributed by atoms with Crippen LogP contribution in [0.5, 0.6) is 5.75 Å². The van der Waals surface area contributed by atoms with Crippen LogP contribution in [-0.2, 0) is 23.9 Å².